The zero-order valence-corrected chi connectivity index (χ0v) is 16.2. The monoisotopic (exact) mass is 387 g/mol. The van der Waals surface area contributed by atoms with Crippen molar-refractivity contribution in [1.82, 2.24) is 10.6 Å². The topological polar surface area (TPSA) is 64.1 Å². The molecule has 0 aliphatic rings. The minimum absolute atomic E-state index is 0.138. The number of para-hydroxylation sites is 1. The summed E-state index contributed by atoms with van der Waals surface area (Å²) in [5.41, 5.74) is 0.593. The Morgan fingerprint density at radius 2 is 1.78 bits per heavy atom. The van der Waals surface area contributed by atoms with Gasteiger partial charge in [-0.2, -0.15) is 8.78 Å². The van der Waals surface area contributed by atoms with Crippen molar-refractivity contribution in [3.8, 4) is 5.75 Å². The number of halogens is 2. The molecule has 2 N–H and O–H groups in total. The molecular weight excluding hydrogens is 356 g/mol. The van der Waals surface area contributed by atoms with E-state index in [9.17, 15) is 8.78 Å². The molecule has 0 amide bonds. The van der Waals surface area contributed by atoms with Crippen LogP contribution in [0.4, 0.5) is 8.78 Å². The predicted molar refractivity (Wildman–Crippen MR) is 102 cm³/mol. The molecule has 1 aromatic rings. The molecule has 6 nitrogen and oxygen atoms in total. The first-order chi connectivity index (χ1) is 13.2. The van der Waals surface area contributed by atoms with Gasteiger partial charge >= 0.3 is 6.61 Å². The van der Waals surface area contributed by atoms with Crippen molar-refractivity contribution in [2.45, 2.75) is 39.8 Å². The highest BCUT2D eigenvalue weighted by Crippen LogP contribution is 2.20. The van der Waals surface area contributed by atoms with Crippen LogP contribution in [0.15, 0.2) is 29.3 Å². The standard InChI is InChI=1S/C19H31F2N3O3/c1-3-5-11-25-13-14-26-12-10-23-19(22-4-2)24-15-16-8-6-7-9-17(16)27-18(20)21/h6-9,18H,3-5,10-15H2,1-2H3,(H2,22,23,24). The first kappa shape index (κ1) is 23.1. The number of alkyl halides is 2. The lowest BCUT2D eigenvalue weighted by molar-refractivity contribution is -0.0504. The zero-order valence-electron chi connectivity index (χ0n) is 16.2. The van der Waals surface area contributed by atoms with Crippen molar-refractivity contribution in [2.75, 3.05) is 39.5 Å². The molecule has 0 heterocycles. The number of hydrogen-bond acceptors (Lipinski definition) is 4. The third-order valence-corrected chi connectivity index (χ3v) is 3.49. The fraction of sp³-hybridized carbons (Fsp3) is 0.632. The lowest BCUT2D eigenvalue weighted by Gasteiger charge is -2.13. The van der Waals surface area contributed by atoms with Crippen LogP contribution in [0.5, 0.6) is 5.75 Å². The van der Waals surface area contributed by atoms with E-state index in [1.54, 1.807) is 18.2 Å². The summed E-state index contributed by atoms with van der Waals surface area (Å²) in [6.07, 6.45) is 2.19. The Morgan fingerprint density at radius 1 is 1.04 bits per heavy atom. The van der Waals surface area contributed by atoms with Gasteiger partial charge in [0, 0.05) is 25.3 Å². The van der Waals surface area contributed by atoms with Crippen molar-refractivity contribution < 1.29 is 23.0 Å². The van der Waals surface area contributed by atoms with Crippen LogP contribution in [-0.2, 0) is 16.0 Å². The minimum atomic E-state index is -2.86. The van der Waals surface area contributed by atoms with Crippen molar-refractivity contribution in [3.63, 3.8) is 0 Å². The predicted octanol–water partition coefficient (Wildman–Crippen LogP) is 3.18. The molecule has 154 valence electrons. The van der Waals surface area contributed by atoms with Gasteiger partial charge in [-0.25, -0.2) is 4.99 Å². The summed E-state index contributed by atoms with van der Waals surface area (Å²) in [7, 11) is 0. The molecular formula is C19H31F2N3O3. The number of nitrogens with one attached hydrogen (secondary N) is 2. The van der Waals surface area contributed by atoms with Crippen LogP contribution < -0.4 is 15.4 Å². The molecule has 0 fully saturated rings. The molecule has 0 radical (unpaired) electrons. The van der Waals surface area contributed by atoms with E-state index in [1.807, 2.05) is 6.92 Å². The lowest BCUT2D eigenvalue weighted by atomic mass is 10.2. The molecule has 27 heavy (non-hydrogen) atoms. The van der Waals surface area contributed by atoms with Gasteiger partial charge in [-0.3, -0.25) is 0 Å². The van der Waals surface area contributed by atoms with Crippen molar-refractivity contribution >= 4 is 5.96 Å². The van der Waals surface area contributed by atoms with Gasteiger partial charge in [0.2, 0.25) is 0 Å². The maximum atomic E-state index is 12.5. The van der Waals surface area contributed by atoms with Gasteiger partial charge in [-0.15, -0.1) is 0 Å². The van der Waals surface area contributed by atoms with Crippen LogP contribution in [0.3, 0.4) is 0 Å². The van der Waals surface area contributed by atoms with Crippen LogP contribution >= 0.6 is 0 Å². The average Bonchev–Trinajstić information content (AvgIpc) is 2.65. The van der Waals surface area contributed by atoms with E-state index in [0.29, 0.717) is 44.4 Å². The molecule has 0 bridgehead atoms. The van der Waals surface area contributed by atoms with Crippen LogP contribution in [0.25, 0.3) is 0 Å². The third kappa shape index (κ3) is 11.4. The summed E-state index contributed by atoms with van der Waals surface area (Å²) >= 11 is 0. The van der Waals surface area contributed by atoms with E-state index in [-0.39, 0.29) is 12.3 Å². The Hall–Kier alpha value is -1.93. The van der Waals surface area contributed by atoms with Crippen molar-refractivity contribution in [1.29, 1.82) is 0 Å². The second-order valence-electron chi connectivity index (χ2n) is 5.69. The Bertz CT molecular complexity index is 531. The van der Waals surface area contributed by atoms with Crippen LogP contribution in [-0.4, -0.2) is 52.1 Å². The third-order valence-electron chi connectivity index (χ3n) is 3.49. The number of aliphatic imine (C=N–C) groups is 1. The van der Waals surface area contributed by atoms with Crippen molar-refractivity contribution in [2.24, 2.45) is 4.99 Å². The van der Waals surface area contributed by atoms with Gasteiger partial charge in [-0.05, 0) is 19.4 Å². The molecule has 0 aliphatic carbocycles. The molecule has 0 aromatic heterocycles. The maximum absolute atomic E-state index is 12.5. The van der Waals surface area contributed by atoms with Gasteiger partial charge in [0.05, 0.1) is 26.4 Å². The molecule has 0 aliphatic heterocycles. The minimum Gasteiger partial charge on any atom is -0.434 e. The van der Waals surface area contributed by atoms with Gasteiger partial charge in [0.1, 0.15) is 5.75 Å². The number of rotatable bonds is 14. The Balaban J connectivity index is 2.36. The maximum Gasteiger partial charge on any atom is 0.387 e. The lowest BCUT2D eigenvalue weighted by Crippen LogP contribution is -2.39. The van der Waals surface area contributed by atoms with Gasteiger partial charge < -0.3 is 24.8 Å². The smallest absolute Gasteiger partial charge is 0.387 e. The number of benzene rings is 1. The van der Waals surface area contributed by atoms with Gasteiger partial charge in [0.25, 0.3) is 0 Å². The van der Waals surface area contributed by atoms with Crippen LogP contribution in [0.2, 0.25) is 0 Å². The van der Waals surface area contributed by atoms with E-state index < -0.39 is 6.61 Å². The van der Waals surface area contributed by atoms with E-state index >= 15 is 0 Å². The number of unbranched alkanes of at least 4 members (excludes halogenated alkanes) is 1. The van der Waals surface area contributed by atoms with E-state index in [1.165, 1.54) is 6.07 Å². The zero-order chi connectivity index (χ0) is 19.7. The molecule has 0 atom stereocenters. The number of guanidine groups is 1. The van der Waals surface area contributed by atoms with Gasteiger partial charge in [-0.1, -0.05) is 31.5 Å². The number of nitrogens with zero attached hydrogens (tertiary/aromatic N) is 1. The second-order valence-corrected chi connectivity index (χ2v) is 5.69. The van der Waals surface area contributed by atoms with E-state index in [2.05, 4.69) is 27.3 Å². The summed E-state index contributed by atoms with van der Waals surface area (Å²) in [6.45, 7) is 5.15. The Morgan fingerprint density at radius 3 is 2.48 bits per heavy atom. The highest BCUT2D eigenvalue weighted by Gasteiger charge is 2.08. The number of hydrogen-bond donors (Lipinski definition) is 2. The van der Waals surface area contributed by atoms with Gasteiger partial charge in [0.15, 0.2) is 5.96 Å². The molecule has 0 unspecified atom stereocenters. The summed E-state index contributed by atoms with van der Waals surface area (Å²) in [5.74, 6) is 0.727. The Kier molecular flexibility index (Phi) is 13.0. The molecule has 0 spiro atoms. The summed E-state index contributed by atoms with van der Waals surface area (Å²) < 4.78 is 40.4. The summed E-state index contributed by atoms with van der Waals surface area (Å²) in [6, 6.07) is 6.64. The molecule has 0 saturated carbocycles. The van der Waals surface area contributed by atoms with Crippen LogP contribution in [0, 0.1) is 0 Å². The Labute approximate surface area is 160 Å². The number of ether oxygens (including phenoxy) is 3. The molecule has 0 saturated heterocycles. The quantitative estimate of drug-likeness (QED) is 0.292. The van der Waals surface area contributed by atoms with E-state index in [4.69, 9.17) is 9.47 Å². The fourth-order valence-electron chi connectivity index (χ4n) is 2.16. The largest absolute Gasteiger partial charge is 0.434 e. The first-order valence-electron chi connectivity index (χ1n) is 9.37. The summed E-state index contributed by atoms with van der Waals surface area (Å²) in [5, 5.41) is 6.25. The fourth-order valence-corrected chi connectivity index (χ4v) is 2.16. The highest BCUT2D eigenvalue weighted by molar-refractivity contribution is 5.79. The molecule has 8 heteroatoms. The molecule has 1 rings (SSSR count). The van der Waals surface area contributed by atoms with Crippen LogP contribution in [0.1, 0.15) is 32.3 Å². The SMILES string of the molecule is CCCCOCCOCCNC(=NCc1ccccc1OC(F)F)NCC. The van der Waals surface area contributed by atoms with E-state index in [0.717, 1.165) is 19.4 Å². The summed E-state index contributed by atoms with van der Waals surface area (Å²) in [4.78, 5) is 4.41. The first-order valence-corrected chi connectivity index (χ1v) is 9.37. The average molecular weight is 387 g/mol. The van der Waals surface area contributed by atoms with Crippen molar-refractivity contribution in [3.05, 3.63) is 29.8 Å². The second kappa shape index (κ2) is 15.2. The normalized spacial score (nSPS) is 11.7. The highest BCUT2D eigenvalue weighted by atomic mass is 19.3. The molecule has 1 aromatic carbocycles.